The molecule has 0 radical (unpaired) electrons. The van der Waals surface area contributed by atoms with E-state index in [-0.39, 0.29) is 5.78 Å². The van der Waals surface area contributed by atoms with Crippen molar-refractivity contribution < 1.29 is 14.3 Å². The number of halogens is 1. The Labute approximate surface area is 187 Å². The molecule has 6 nitrogen and oxygen atoms in total. The normalized spacial score (nSPS) is 20.7. The number of benzene rings is 2. The lowest BCUT2D eigenvalue weighted by Crippen LogP contribution is -2.49. The molecule has 2 aromatic rings. The Morgan fingerprint density at radius 3 is 2.30 bits per heavy atom. The Morgan fingerprint density at radius 2 is 1.70 bits per heavy atom. The number of methoxy groups -OCH3 is 1. The fourth-order valence-electron chi connectivity index (χ4n) is 3.28. The van der Waals surface area contributed by atoms with E-state index >= 15 is 0 Å². The number of allylic oxidation sites excluding steroid dienone is 1. The number of hydrogen-bond acceptors (Lipinski definition) is 8. The van der Waals surface area contributed by atoms with Crippen LogP contribution >= 0.6 is 35.1 Å². The van der Waals surface area contributed by atoms with Gasteiger partial charge in [0.05, 0.1) is 12.8 Å². The van der Waals surface area contributed by atoms with E-state index in [1.165, 1.54) is 37.6 Å². The van der Waals surface area contributed by atoms with Crippen LogP contribution in [0.1, 0.15) is 13.8 Å². The molecule has 0 saturated heterocycles. The first-order valence-electron chi connectivity index (χ1n) is 9.05. The number of carbonyl (C=O) groups is 2. The molecule has 30 heavy (non-hydrogen) atoms. The van der Waals surface area contributed by atoms with Gasteiger partial charge < -0.3 is 9.64 Å². The van der Waals surface area contributed by atoms with Crippen molar-refractivity contribution >= 4 is 63.3 Å². The standard InChI is InChI=1S/C21H18ClN3O3S2/c1-13-18(20(27)28-3)29-21(24(13)16-7-5-4-6-8-16)25(23-19(30-21)14(2)26)17-11-9-15(22)10-12-17/h4-12H,1-3H3/t21-/m1/s1. The summed E-state index contributed by atoms with van der Waals surface area (Å²) < 4.78 is 4.09. The molecule has 2 aromatic carbocycles. The summed E-state index contributed by atoms with van der Waals surface area (Å²) in [6, 6.07) is 16.9. The second-order valence-electron chi connectivity index (χ2n) is 6.58. The number of carbonyl (C=O) groups excluding carboxylic acids is 2. The molecule has 0 bridgehead atoms. The molecule has 0 aromatic heterocycles. The number of Topliss-reactive ketones (excluding diaryl/α,β-unsaturated/α-hetero) is 1. The van der Waals surface area contributed by atoms with E-state index in [1.54, 1.807) is 17.1 Å². The summed E-state index contributed by atoms with van der Waals surface area (Å²) in [5.41, 5.74) is 2.34. The van der Waals surface area contributed by atoms with E-state index in [0.29, 0.717) is 15.0 Å². The highest BCUT2D eigenvalue weighted by Gasteiger charge is 2.57. The number of ether oxygens (including phenoxy) is 1. The van der Waals surface area contributed by atoms with Gasteiger partial charge in [-0.2, -0.15) is 5.10 Å². The predicted molar refractivity (Wildman–Crippen MR) is 124 cm³/mol. The van der Waals surface area contributed by atoms with E-state index in [2.05, 4.69) is 5.10 Å². The predicted octanol–water partition coefficient (Wildman–Crippen LogP) is 5.06. The number of hydrazone groups is 1. The summed E-state index contributed by atoms with van der Waals surface area (Å²) in [7, 11) is 1.36. The zero-order chi connectivity index (χ0) is 21.5. The Balaban J connectivity index is 1.91. The molecular weight excluding hydrogens is 442 g/mol. The van der Waals surface area contributed by atoms with Crippen molar-refractivity contribution in [2.75, 3.05) is 17.0 Å². The van der Waals surface area contributed by atoms with E-state index < -0.39 is 10.3 Å². The van der Waals surface area contributed by atoms with Crippen LogP contribution in [0, 0.1) is 0 Å². The van der Waals surface area contributed by atoms with Crippen LogP contribution in [0.3, 0.4) is 0 Å². The smallest absolute Gasteiger partial charge is 0.346 e. The molecule has 2 heterocycles. The van der Waals surface area contributed by atoms with E-state index in [1.807, 2.05) is 54.3 Å². The third kappa shape index (κ3) is 3.38. The Morgan fingerprint density at radius 1 is 1.03 bits per heavy atom. The van der Waals surface area contributed by atoms with Gasteiger partial charge in [-0.05, 0) is 55.1 Å². The minimum absolute atomic E-state index is 0.145. The first kappa shape index (κ1) is 20.8. The molecule has 2 aliphatic rings. The van der Waals surface area contributed by atoms with Gasteiger partial charge in [0.15, 0.2) is 10.8 Å². The van der Waals surface area contributed by atoms with Crippen LogP contribution in [-0.2, 0) is 14.3 Å². The minimum atomic E-state index is -0.941. The van der Waals surface area contributed by atoms with Crippen LogP contribution in [0.5, 0.6) is 0 Å². The van der Waals surface area contributed by atoms with Crippen molar-refractivity contribution in [3.8, 4) is 0 Å². The molecule has 0 aliphatic carbocycles. The number of nitrogens with zero attached hydrogens (tertiary/aromatic N) is 3. The average Bonchev–Trinajstić information content (AvgIpc) is 3.27. The molecular formula is C21H18ClN3O3S2. The first-order valence-corrected chi connectivity index (χ1v) is 11.1. The number of para-hydroxylation sites is 1. The molecule has 0 saturated carbocycles. The Hall–Kier alpha value is -2.42. The van der Waals surface area contributed by atoms with Gasteiger partial charge in [0, 0.05) is 23.3 Å². The highest BCUT2D eigenvalue weighted by molar-refractivity contribution is 8.29. The van der Waals surface area contributed by atoms with Crippen molar-refractivity contribution in [2.24, 2.45) is 5.10 Å². The molecule has 2 aliphatic heterocycles. The number of thioether (sulfide) groups is 2. The SMILES string of the molecule is COC(=O)C1=C(C)N(c2ccccc2)[C@]2(SC(C(C)=O)=NN2c2ccc(Cl)cc2)S1. The van der Waals surface area contributed by atoms with Crippen molar-refractivity contribution in [3.63, 3.8) is 0 Å². The number of esters is 1. The number of anilines is 2. The maximum absolute atomic E-state index is 12.6. The highest BCUT2D eigenvalue weighted by atomic mass is 35.5. The monoisotopic (exact) mass is 459 g/mol. The van der Waals surface area contributed by atoms with Crippen LogP contribution in [-0.4, -0.2) is 28.2 Å². The molecule has 0 fully saturated rings. The van der Waals surface area contributed by atoms with Crippen molar-refractivity contribution in [2.45, 2.75) is 18.2 Å². The Bertz CT molecular complexity index is 1070. The zero-order valence-corrected chi connectivity index (χ0v) is 18.8. The van der Waals surface area contributed by atoms with Crippen molar-refractivity contribution in [3.05, 3.63) is 70.2 Å². The number of hydrogen-bond donors (Lipinski definition) is 0. The maximum atomic E-state index is 12.6. The van der Waals surface area contributed by atoms with Crippen LogP contribution in [0.25, 0.3) is 0 Å². The van der Waals surface area contributed by atoms with E-state index in [0.717, 1.165) is 17.1 Å². The summed E-state index contributed by atoms with van der Waals surface area (Å²) >= 11 is 8.70. The molecule has 1 spiro atoms. The molecule has 154 valence electrons. The molecule has 0 amide bonds. The summed E-state index contributed by atoms with van der Waals surface area (Å²) in [5, 5.41) is 7.35. The lowest BCUT2D eigenvalue weighted by molar-refractivity contribution is -0.135. The van der Waals surface area contributed by atoms with Gasteiger partial charge in [-0.25, -0.2) is 9.80 Å². The van der Waals surface area contributed by atoms with Crippen LogP contribution < -0.4 is 9.91 Å². The van der Waals surface area contributed by atoms with Crippen LogP contribution in [0.15, 0.2) is 70.3 Å². The fourth-order valence-corrected chi connectivity index (χ4v) is 6.38. The number of ketones is 1. The third-order valence-corrected chi connectivity index (χ3v) is 7.85. The zero-order valence-electron chi connectivity index (χ0n) is 16.5. The number of rotatable bonds is 4. The quantitative estimate of drug-likeness (QED) is 0.592. The van der Waals surface area contributed by atoms with Gasteiger partial charge in [-0.15, -0.1) is 0 Å². The van der Waals surface area contributed by atoms with Crippen LogP contribution in [0.2, 0.25) is 5.02 Å². The van der Waals surface area contributed by atoms with Crippen molar-refractivity contribution in [1.82, 2.24) is 0 Å². The Kier molecular flexibility index (Phi) is 5.57. The van der Waals surface area contributed by atoms with Gasteiger partial charge in [0.1, 0.15) is 4.91 Å². The maximum Gasteiger partial charge on any atom is 0.346 e. The first-order chi connectivity index (χ1) is 14.4. The van der Waals surface area contributed by atoms with Crippen LogP contribution in [0.4, 0.5) is 11.4 Å². The topological polar surface area (TPSA) is 62.2 Å². The lowest BCUT2D eigenvalue weighted by Gasteiger charge is -2.41. The highest BCUT2D eigenvalue weighted by Crippen LogP contribution is 2.60. The summed E-state index contributed by atoms with van der Waals surface area (Å²) in [5.74, 6) is -0.572. The van der Waals surface area contributed by atoms with Crippen molar-refractivity contribution in [1.29, 1.82) is 0 Å². The molecule has 9 heteroatoms. The van der Waals surface area contributed by atoms with Gasteiger partial charge in [-0.1, -0.05) is 41.6 Å². The van der Waals surface area contributed by atoms with E-state index in [9.17, 15) is 9.59 Å². The van der Waals surface area contributed by atoms with Gasteiger partial charge >= 0.3 is 5.97 Å². The second-order valence-corrected chi connectivity index (χ2v) is 9.62. The second kappa shape index (κ2) is 8.02. The summed E-state index contributed by atoms with van der Waals surface area (Å²) in [6.45, 7) is 3.35. The average molecular weight is 460 g/mol. The van der Waals surface area contributed by atoms with Gasteiger partial charge in [0.25, 0.3) is 0 Å². The molecule has 4 rings (SSSR count). The van der Waals surface area contributed by atoms with Gasteiger partial charge in [-0.3, -0.25) is 4.79 Å². The van der Waals surface area contributed by atoms with E-state index in [4.69, 9.17) is 16.3 Å². The molecule has 1 atom stereocenters. The summed E-state index contributed by atoms with van der Waals surface area (Å²) in [4.78, 5) is 27.3. The molecule has 0 N–H and O–H groups in total. The fraction of sp³-hybridized carbons (Fsp3) is 0.190. The lowest BCUT2D eigenvalue weighted by atomic mass is 10.2. The van der Waals surface area contributed by atoms with Gasteiger partial charge in [0.2, 0.25) is 4.33 Å². The molecule has 0 unspecified atom stereocenters. The summed E-state index contributed by atoms with van der Waals surface area (Å²) in [6.07, 6.45) is 0. The minimum Gasteiger partial charge on any atom is -0.465 e. The largest absolute Gasteiger partial charge is 0.465 e. The third-order valence-electron chi connectivity index (χ3n) is 4.63.